The predicted molar refractivity (Wildman–Crippen MR) is 82.7 cm³/mol. The van der Waals surface area contributed by atoms with E-state index in [4.69, 9.17) is 23.2 Å². The van der Waals surface area contributed by atoms with Gasteiger partial charge in [0.15, 0.2) is 0 Å². The molecule has 1 aromatic rings. The SMILES string of the molecule is CC(C)(C)C1=C=C=C(Nc2cc(Cl)cc(Cl)c2)C=C1. The maximum atomic E-state index is 5.96. The molecule has 1 aromatic carbocycles. The van der Waals surface area contributed by atoms with Gasteiger partial charge in [0.05, 0.1) is 5.70 Å². The molecule has 1 nitrogen and oxygen atoms in total. The number of benzene rings is 1. The van der Waals surface area contributed by atoms with Gasteiger partial charge in [0.25, 0.3) is 0 Å². The summed E-state index contributed by atoms with van der Waals surface area (Å²) in [5, 5.41) is 4.41. The lowest BCUT2D eigenvalue weighted by atomic mass is 9.86. The largest absolute Gasteiger partial charge is 0.348 e. The zero-order chi connectivity index (χ0) is 14.0. The Hall–Kier alpha value is -1.36. The molecule has 0 bridgehead atoms. The van der Waals surface area contributed by atoms with Crippen molar-refractivity contribution in [1.29, 1.82) is 0 Å². The molecule has 1 aliphatic rings. The van der Waals surface area contributed by atoms with Gasteiger partial charge in [0.1, 0.15) is 0 Å². The molecular formula is C16H15Cl2N. The summed E-state index contributed by atoms with van der Waals surface area (Å²) in [6.45, 7) is 6.45. The van der Waals surface area contributed by atoms with Crippen molar-refractivity contribution in [2.75, 3.05) is 5.32 Å². The molecule has 0 saturated carbocycles. The van der Waals surface area contributed by atoms with Crippen LogP contribution < -0.4 is 5.32 Å². The average Bonchev–Trinajstić information content (AvgIpc) is 2.26. The Morgan fingerprint density at radius 3 is 2.05 bits per heavy atom. The van der Waals surface area contributed by atoms with Crippen molar-refractivity contribution in [2.45, 2.75) is 20.8 Å². The Kier molecular flexibility index (Phi) is 3.94. The molecule has 0 spiro atoms. The molecule has 2 rings (SSSR count). The fourth-order valence-corrected chi connectivity index (χ4v) is 2.20. The summed E-state index contributed by atoms with van der Waals surface area (Å²) in [7, 11) is 0. The standard InChI is InChI=1S/C16H15Cl2N/c1-16(2,3)11-4-6-14(7-5-11)19-15-9-12(17)8-13(18)10-15/h4,6,8-10,19H,1-3H3. The van der Waals surface area contributed by atoms with Crippen LogP contribution >= 0.6 is 23.2 Å². The highest BCUT2D eigenvalue weighted by atomic mass is 35.5. The molecule has 0 unspecified atom stereocenters. The Labute approximate surface area is 123 Å². The fraction of sp³-hybridized carbons (Fsp3) is 0.250. The predicted octanol–water partition coefficient (Wildman–Crippen LogP) is 5.59. The Morgan fingerprint density at radius 2 is 1.58 bits per heavy atom. The van der Waals surface area contributed by atoms with E-state index in [0.29, 0.717) is 10.0 Å². The summed E-state index contributed by atoms with van der Waals surface area (Å²) in [5.41, 5.74) is 9.16. The minimum atomic E-state index is 0.0778. The highest BCUT2D eigenvalue weighted by Crippen LogP contribution is 2.28. The highest BCUT2D eigenvalue weighted by Gasteiger charge is 2.15. The first-order valence-electron chi connectivity index (χ1n) is 6.02. The summed E-state index contributed by atoms with van der Waals surface area (Å²) >= 11 is 11.9. The van der Waals surface area contributed by atoms with E-state index in [-0.39, 0.29) is 5.41 Å². The van der Waals surface area contributed by atoms with Crippen LogP contribution in [0.1, 0.15) is 20.8 Å². The van der Waals surface area contributed by atoms with Crippen molar-refractivity contribution >= 4 is 28.9 Å². The van der Waals surface area contributed by atoms with Gasteiger partial charge < -0.3 is 5.32 Å². The van der Waals surface area contributed by atoms with Gasteiger partial charge in [-0.2, -0.15) is 0 Å². The zero-order valence-electron chi connectivity index (χ0n) is 11.1. The molecular weight excluding hydrogens is 277 g/mol. The number of hydrogen-bond donors (Lipinski definition) is 1. The van der Waals surface area contributed by atoms with Crippen molar-refractivity contribution in [3.05, 3.63) is 63.1 Å². The van der Waals surface area contributed by atoms with Gasteiger partial charge >= 0.3 is 0 Å². The Balaban J connectivity index is 2.29. The second kappa shape index (κ2) is 5.33. The third-order valence-corrected chi connectivity index (χ3v) is 3.13. The number of anilines is 1. The van der Waals surface area contributed by atoms with Gasteiger partial charge in [-0.05, 0) is 41.5 Å². The molecule has 98 valence electrons. The molecule has 0 saturated heterocycles. The third kappa shape index (κ3) is 3.80. The van der Waals surface area contributed by atoms with E-state index in [0.717, 1.165) is 17.0 Å². The highest BCUT2D eigenvalue weighted by molar-refractivity contribution is 6.35. The lowest BCUT2D eigenvalue weighted by Crippen LogP contribution is -2.08. The van der Waals surface area contributed by atoms with E-state index in [1.54, 1.807) is 6.07 Å². The molecule has 3 heteroatoms. The van der Waals surface area contributed by atoms with Gasteiger partial charge in [0.2, 0.25) is 0 Å². The molecule has 0 heterocycles. The second-order valence-electron chi connectivity index (χ2n) is 5.44. The third-order valence-electron chi connectivity index (χ3n) is 2.70. The van der Waals surface area contributed by atoms with Gasteiger partial charge in [-0.3, -0.25) is 0 Å². The number of hydrogen-bond acceptors (Lipinski definition) is 1. The minimum Gasteiger partial charge on any atom is -0.348 e. The average molecular weight is 292 g/mol. The molecule has 0 radical (unpaired) electrons. The molecule has 0 aromatic heterocycles. The summed E-state index contributed by atoms with van der Waals surface area (Å²) in [4.78, 5) is 0. The van der Waals surface area contributed by atoms with Gasteiger partial charge in [-0.15, -0.1) is 0 Å². The normalized spacial score (nSPS) is 14.2. The van der Waals surface area contributed by atoms with E-state index < -0.39 is 0 Å². The number of nitrogens with one attached hydrogen (secondary N) is 1. The quantitative estimate of drug-likeness (QED) is 0.701. The van der Waals surface area contributed by atoms with Crippen LogP contribution in [-0.4, -0.2) is 0 Å². The Morgan fingerprint density at radius 1 is 0.947 bits per heavy atom. The van der Waals surface area contributed by atoms with Crippen LogP contribution in [0.4, 0.5) is 5.69 Å². The lowest BCUT2D eigenvalue weighted by molar-refractivity contribution is 0.518. The molecule has 0 atom stereocenters. The van der Waals surface area contributed by atoms with Gasteiger partial charge in [0, 0.05) is 21.3 Å². The van der Waals surface area contributed by atoms with Crippen LogP contribution in [0.5, 0.6) is 0 Å². The fourth-order valence-electron chi connectivity index (χ4n) is 1.68. The first kappa shape index (κ1) is 14.1. The van der Waals surface area contributed by atoms with E-state index >= 15 is 0 Å². The minimum absolute atomic E-state index is 0.0778. The molecule has 1 N–H and O–H groups in total. The number of halogens is 2. The van der Waals surface area contributed by atoms with Crippen molar-refractivity contribution in [1.82, 2.24) is 0 Å². The number of rotatable bonds is 2. The zero-order valence-corrected chi connectivity index (χ0v) is 12.7. The van der Waals surface area contributed by atoms with E-state index in [2.05, 4.69) is 37.6 Å². The topological polar surface area (TPSA) is 12.0 Å². The molecule has 1 aliphatic carbocycles. The second-order valence-corrected chi connectivity index (χ2v) is 6.32. The molecule has 19 heavy (non-hydrogen) atoms. The van der Waals surface area contributed by atoms with Crippen LogP contribution in [0.3, 0.4) is 0 Å². The summed E-state index contributed by atoms with van der Waals surface area (Å²) < 4.78 is 0. The van der Waals surface area contributed by atoms with Crippen molar-refractivity contribution in [3.8, 4) is 0 Å². The molecule has 0 amide bonds. The van der Waals surface area contributed by atoms with Crippen LogP contribution in [0.2, 0.25) is 10.0 Å². The number of allylic oxidation sites excluding steroid dienone is 3. The summed E-state index contributed by atoms with van der Waals surface area (Å²) in [6.07, 6.45) is 4.02. The van der Waals surface area contributed by atoms with Crippen molar-refractivity contribution < 1.29 is 0 Å². The van der Waals surface area contributed by atoms with Crippen LogP contribution in [0, 0.1) is 5.41 Å². The Bertz CT molecular complexity index is 615. The first-order valence-corrected chi connectivity index (χ1v) is 6.78. The van der Waals surface area contributed by atoms with Gasteiger partial charge in [-0.25, -0.2) is 0 Å². The summed E-state index contributed by atoms with van der Waals surface area (Å²) in [5.74, 6) is 0. The van der Waals surface area contributed by atoms with Crippen LogP contribution in [0.15, 0.2) is 53.1 Å². The molecule has 0 aliphatic heterocycles. The maximum Gasteiger partial charge on any atom is 0.0901 e. The lowest BCUT2D eigenvalue weighted by Gasteiger charge is -2.18. The van der Waals surface area contributed by atoms with E-state index in [1.807, 2.05) is 24.3 Å². The first-order chi connectivity index (χ1) is 8.84. The maximum absolute atomic E-state index is 5.96. The van der Waals surface area contributed by atoms with Gasteiger partial charge in [-0.1, -0.05) is 49.7 Å². The van der Waals surface area contributed by atoms with Crippen LogP contribution in [-0.2, 0) is 0 Å². The van der Waals surface area contributed by atoms with Crippen molar-refractivity contribution in [3.63, 3.8) is 0 Å². The van der Waals surface area contributed by atoms with E-state index in [1.165, 1.54) is 0 Å². The molecule has 0 fully saturated rings. The summed E-state index contributed by atoms with van der Waals surface area (Å²) in [6, 6.07) is 5.34. The monoisotopic (exact) mass is 291 g/mol. The van der Waals surface area contributed by atoms with Crippen molar-refractivity contribution in [2.24, 2.45) is 5.41 Å². The smallest absolute Gasteiger partial charge is 0.0901 e. The van der Waals surface area contributed by atoms with E-state index in [9.17, 15) is 0 Å². The van der Waals surface area contributed by atoms with Crippen LogP contribution in [0.25, 0.3) is 0 Å².